The highest BCUT2D eigenvalue weighted by Gasteiger charge is 2.32. The average molecular weight is 219 g/mol. The van der Waals surface area contributed by atoms with Crippen LogP contribution in [-0.4, -0.2) is 12.2 Å². The smallest absolute Gasteiger partial charge is 0.119 e. The van der Waals surface area contributed by atoms with Crippen molar-refractivity contribution < 1.29 is 9.84 Å². The molecule has 0 fully saturated rings. The lowest BCUT2D eigenvalue weighted by atomic mass is 9.80. The Morgan fingerprint density at radius 2 is 2.25 bits per heavy atom. The summed E-state index contributed by atoms with van der Waals surface area (Å²) in [5.74, 6) is 0.688. The highest BCUT2D eigenvalue weighted by Crippen LogP contribution is 2.36. The second kappa shape index (κ2) is 5.00. The van der Waals surface area contributed by atoms with E-state index in [1.807, 2.05) is 19.1 Å². The Morgan fingerprint density at radius 1 is 1.56 bits per heavy atom. The molecule has 1 N–H and O–H groups in total. The van der Waals surface area contributed by atoms with Crippen molar-refractivity contribution in [2.24, 2.45) is 5.41 Å². The van der Waals surface area contributed by atoms with E-state index >= 15 is 0 Å². The van der Waals surface area contributed by atoms with Gasteiger partial charge in [-0.3, -0.25) is 0 Å². The SMILES string of the molecule is CCC(C)(C#N)C(O)c1cccc(OC)c1. The van der Waals surface area contributed by atoms with Gasteiger partial charge >= 0.3 is 0 Å². The number of aliphatic hydroxyl groups is 1. The first-order valence-electron chi connectivity index (χ1n) is 5.30. The first kappa shape index (κ1) is 12.5. The van der Waals surface area contributed by atoms with Crippen LogP contribution in [0.5, 0.6) is 5.75 Å². The van der Waals surface area contributed by atoms with Gasteiger partial charge in [0.2, 0.25) is 0 Å². The Balaban J connectivity index is 3.04. The maximum Gasteiger partial charge on any atom is 0.119 e. The van der Waals surface area contributed by atoms with Gasteiger partial charge in [0.25, 0.3) is 0 Å². The summed E-state index contributed by atoms with van der Waals surface area (Å²) in [5.41, 5.74) is -0.0444. The molecule has 2 atom stereocenters. The molecule has 0 saturated heterocycles. The average Bonchev–Trinajstić information content (AvgIpc) is 2.37. The molecule has 1 aromatic rings. The fraction of sp³-hybridized carbons (Fsp3) is 0.462. The van der Waals surface area contributed by atoms with Crippen LogP contribution in [0.4, 0.5) is 0 Å². The number of aliphatic hydroxyl groups excluding tert-OH is 1. The largest absolute Gasteiger partial charge is 0.497 e. The fourth-order valence-electron chi connectivity index (χ4n) is 1.51. The van der Waals surface area contributed by atoms with Crippen molar-refractivity contribution >= 4 is 0 Å². The number of benzene rings is 1. The molecule has 0 aliphatic heterocycles. The van der Waals surface area contributed by atoms with E-state index in [1.165, 1.54) is 0 Å². The predicted molar refractivity (Wildman–Crippen MR) is 62.0 cm³/mol. The lowest BCUT2D eigenvalue weighted by molar-refractivity contribution is 0.0720. The predicted octanol–water partition coefficient (Wildman–Crippen LogP) is 2.67. The van der Waals surface area contributed by atoms with Crippen LogP contribution in [0.3, 0.4) is 0 Å². The van der Waals surface area contributed by atoms with Crippen molar-refractivity contribution in [1.82, 2.24) is 0 Å². The van der Waals surface area contributed by atoms with Gasteiger partial charge in [-0.25, -0.2) is 0 Å². The Bertz CT molecular complexity index is 397. The Morgan fingerprint density at radius 3 is 2.75 bits per heavy atom. The third kappa shape index (κ3) is 2.34. The number of methoxy groups -OCH3 is 1. The van der Waals surface area contributed by atoms with Gasteiger partial charge in [0.15, 0.2) is 0 Å². The zero-order chi connectivity index (χ0) is 12.2. The molecule has 0 aliphatic rings. The van der Waals surface area contributed by atoms with Gasteiger partial charge in [-0.1, -0.05) is 19.1 Å². The lowest BCUT2D eigenvalue weighted by Gasteiger charge is -2.26. The van der Waals surface area contributed by atoms with E-state index in [-0.39, 0.29) is 0 Å². The van der Waals surface area contributed by atoms with E-state index in [4.69, 9.17) is 10.00 Å². The van der Waals surface area contributed by atoms with Crippen LogP contribution in [0.1, 0.15) is 31.9 Å². The monoisotopic (exact) mass is 219 g/mol. The molecule has 2 unspecified atom stereocenters. The van der Waals surface area contributed by atoms with E-state index < -0.39 is 11.5 Å². The van der Waals surface area contributed by atoms with Crippen molar-refractivity contribution in [2.75, 3.05) is 7.11 Å². The van der Waals surface area contributed by atoms with E-state index in [0.717, 1.165) is 0 Å². The van der Waals surface area contributed by atoms with Crippen LogP contribution < -0.4 is 4.74 Å². The number of rotatable bonds is 4. The lowest BCUT2D eigenvalue weighted by Crippen LogP contribution is -2.22. The van der Waals surface area contributed by atoms with E-state index in [9.17, 15) is 5.11 Å². The second-order valence-corrected chi connectivity index (χ2v) is 4.06. The molecule has 1 rings (SSSR count). The quantitative estimate of drug-likeness (QED) is 0.847. The summed E-state index contributed by atoms with van der Waals surface area (Å²) in [5, 5.41) is 19.3. The van der Waals surface area contributed by atoms with Crippen molar-refractivity contribution in [3.05, 3.63) is 29.8 Å². The van der Waals surface area contributed by atoms with Crippen LogP contribution >= 0.6 is 0 Å². The molecule has 86 valence electrons. The minimum atomic E-state index is -0.794. The van der Waals surface area contributed by atoms with Gasteiger partial charge in [0.1, 0.15) is 5.75 Å². The maximum atomic E-state index is 10.2. The zero-order valence-electron chi connectivity index (χ0n) is 9.90. The fourth-order valence-corrected chi connectivity index (χ4v) is 1.51. The molecule has 16 heavy (non-hydrogen) atoms. The van der Waals surface area contributed by atoms with Gasteiger partial charge < -0.3 is 9.84 Å². The molecular formula is C13H17NO2. The number of hydrogen-bond donors (Lipinski definition) is 1. The molecule has 0 radical (unpaired) electrons. The summed E-state index contributed by atoms with van der Waals surface area (Å²) in [7, 11) is 1.58. The van der Waals surface area contributed by atoms with Gasteiger partial charge in [0.05, 0.1) is 24.7 Å². The van der Waals surface area contributed by atoms with E-state index in [2.05, 4.69) is 6.07 Å². The van der Waals surface area contributed by atoms with Crippen molar-refractivity contribution in [3.8, 4) is 11.8 Å². The van der Waals surface area contributed by atoms with Crippen LogP contribution in [0.2, 0.25) is 0 Å². The molecule has 0 aliphatic carbocycles. The molecule has 0 bridgehead atoms. The molecule has 1 aromatic carbocycles. The molecule has 0 saturated carbocycles. The Labute approximate surface area is 96.3 Å². The zero-order valence-corrected chi connectivity index (χ0v) is 9.90. The van der Waals surface area contributed by atoms with Crippen molar-refractivity contribution in [3.63, 3.8) is 0 Å². The van der Waals surface area contributed by atoms with Crippen LogP contribution in [0.25, 0.3) is 0 Å². The van der Waals surface area contributed by atoms with E-state index in [0.29, 0.717) is 17.7 Å². The molecule has 3 heteroatoms. The Hall–Kier alpha value is -1.53. The molecule has 0 heterocycles. The molecule has 3 nitrogen and oxygen atoms in total. The standard InChI is InChI=1S/C13H17NO2/c1-4-13(2,9-14)12(15)10-6-5-7-11(8-10)16-3/h5-8,12,15H,4H2,1-3H3. The van der Waals surface area contributed by atoms with Gasteiger partial charge in [-0.15, -0.1) is 0 Å². The number of ether oxygens (including phenoxy) is 1. The summed E-state index contributed by atoms with van der Waals surface area (Å²) >= 11 is 0. The first-order valence-corrected chi connectivity index (χ1v) is 5.30. The minimum absolute atomic E-state index is 0.599. The highest BCUT2D eigenvalue weighted by molar-refractivity contribution is 5.31. The number of nitrogens with zero attached hydrogens (tertiary/aromatic N) is 1. The third-order valence-corrected chi connectivity index (χ3v) is 3.00. The summed E-state index contributed by atoms with van der Waals surface area (Å²) in [6.45, 7) is 3.66. The maximum absolute atomic E-state index is 10.2. The molecule has 0 amide bonds. The summed E-state index contributed by atoms with van der Waals surface area (Å²) in [6.07, 6.45) is -0.195. The summed E-state index contributed by atoms with van der Waals surface area (Å²) < 4.78 is 5.09. The minimum Gasteiger partial charge on any atom is -0.497 e. The summed E-state index contributed by atoms with van der Waals surface area (Å²) in [6, 6.07) is 9.36. The molecule has 0 aromatic heterocycles. The summed E-state index contributed by atoms with van der Waals surface area (Å²) in [4.78, 5) is 0. The normalized spacial score (nSPS) is 15.9. The van der Waals surface area contributed by atoms with E-state index in [1.54, 1.807) is 26.2 Å². The topological polar surface area (TPSA) is 53.2 Å². The van der Waals surface area contributed by atoms with Crippen LogP contribution in [-0.2, 0) is 0 Å². The highest BCUT2D eigenvalue weighted by atomic mass is 16.5. The number of nitriles is 1. The van der Waals surface area contributed by atoms with Crippen LogP contribution in [0.15, 0.2) is 24.3 Å². The Kier molecular flexibility index (Phi) is 3.92. The van der Waals surface area contributed by atoms with Gasteiger partial charge in [-0.05, 0) is 31.0 Å². The third-order valence-electron chi connectivity index (χ3n) is 3.00. The second-order valence-electron chi connectivity index (χ2n) is 4.06. The molecular weight excluding hydrogens is 202 g/mol. The molecule has 0 spiro atoms. The van der Waals surface area contributed by atoms with Crippen molar-refractivity contribution in [2.45, 2.75) is 26.4 Å². The number of hydrogen-bond acceptors (Lipinski definition) is 3. The van der Waals surface area contributed by atoms with Crippen LogP contribution in [0, 0.1) is 16.7 Å². The van der Waals surface area contributed by atoms with Gasteiger partial charge in [-0.2, -0.15) is 5.26 Å². The van der Waals surface area contributed by atoms with Crippen molar-refractivity contribution in [1.29, 1.82) is 5.26 Å². The first-order chi connectivity index (χ1) is 7.57. The van der Waals surface area contributed by atoms with Gasteiger partial charge in [0, 0.05) is 0 Å².